The van der Waals surface area contributed by atoms with E-state index in [1.54, 1.807) is 23.9 Å². The van der Waals surface area contributed by atoms with E-state index in [4.69, 9.17) is 14.2 Å². The number of nitrogens with zero attached hydrogens (tertiary/aromatic N) is 2. The van der Waals surface area contributed by atoms with Crippen molar-refractivity contribution in [2.24, 2.45) is 0 Å². The van der Waals surface area contributed by atoms with Crippen molar-refractivity contribution >= 4 is 34.1 Å². The average Bonchev–Trinajstić information content (AvgIpc) is 3.22. The minimum absolute atomic E-state index is 0.316. The molecule has 3 rings (SSSR count). The molecule has 1 aromatic heterocycles. The lowest BCUT2D eigenvalue weighted by Gasteiger charge is -2.16. The molecule has 0 atom stereocenters. The third-order valence-corrected chi connectivity index (χ3v) is 6.01. The molecule has 1 amide bonds. The molecule has 2 aromatic carbocycles. The molecule has 0 spiro atoms. The van der Waals surface area contributed by atoms with Crippen LogP contribution in [0.1, 0.15) is 36.1 Å². The second-order valence-corrected chi connectivity index (χ2v) is 8.27. The number of carbonyl (C=O) groups is 1. The van der Waals surface area contributed by atoms with Crippen LogP contribution < -0.4 is 19.5 Å². The number of ether oxygens (including phenoxy) is 3. The van der Waals surface area contributed by atoms with Crippen molar-refractivity contribution in [1.29, 1.82) is 0 Å². The summed E-state index contributed by atoms with van der Waals surface area (Å²) in [5.74, 6) is 1.81. The molecular weight excluding hydrogens is 434 g/mol. The first kappa shape index (κ1) is 22.9. The standard InChI is InChI=1S/C22H25N3O4S2/c1-4-27-17-12-15(13-18(28-5-2)20(17)29-6-3)21(26)23-22-25-24-19(31-22)14-30-16-10-8-7-9-11-16/h7-13H,4-6,14H2,1-3H3,(H,23,25,26). The predicted octanol–water partition coefficient (Wildman–Crippen LogP) is 5.28. The smallest absolute Gasteiger partial charge is 0.257 e. The lowest BCUT2D eigenvalue weighted by atomic mass is 10.1. The Balaban J connectivity index is 1.73. The third-order valence-electron chi connectivity index (χ3n) is 3.96. The van der Waals surface area contributed by atoms with Crippen LogP contribution >= 0.6 is 23.1 Å². The molecule has 9 heteroatoms. The summed E-state index contributed by atoms with van der Waals surface area (Å²) in [6.07, 6.45) is 0. The van der Waals surface area contributed by atoms with E-state index in [-0.39, 0.29) is 5.91 Å². The number of hydrogen-bond donors (Lipinski definition) is 1. The van der Waals surface area contributed by atoms with Crippen molar-refractivity contribution in [3.05, 3.63) is 53.0 Å². The van der Waals surface area contributed by atoms with Gasteiger partial charge in [0.15, 0.2) is 11.5 Å². The molecule has 164 valence electrons. The first-order valence-corrected chi connectivity index (χ1v) is 11.8. The van der Waals surface area contributed by atoms with Crippen LogP contribution in [0.2, 0.25) is 0 Å². The van der Waals surface area contributed by atoms with Crippen molar-refractivity contribution in [3.63, 3.8) is 0 Å². The van der Waals surface area contributed by atoms with E-state index in [9.17, 15) is 4.79 Å². The average molecular weight is 460 g/mol. The van der Waals surface area contributed by atoms with Crippen molar-refractivity contribution in [2.75, 3.05) is 25.1 Å². The zero-order valence-corrected chi connectivity index (χ0v) is 19.3. The van der Waals surface area contributed by atoms with Crippen LogP contribution in [0, 0.1) is 0 Å². The molecule has 0 aliphatic rings. The highest BCUT2D eigenvalue weighted by molar-refractivity contribution is 7.98. The van der Waals surface area contributed by atoms with Gasteiger partial charge < -0.3 is 14.2 Å². The lowest BCUT2D eigenvalue weighted by Crippen LogP contribution is -2.13. The van der Waals surface area contributed by atoms with E-state index >= 15 is 0 Å². The van der Waals surface area contributed by atoms with Gasteiger partial charge >= 0.3 is 0 Å². The highest BCUT2D eigenvalue weighted by Gasteiger charge is 2.19. The van der Waals surface area contributed by atoms with E-state index in [1.165, 1.54) is 11.3 Å². The maximum Gasteiger partial charge on any atom is 0.257 e. The van der Waals surface area contributed by atoms with E-state index in [0.717, 1.165) is 9.90 Å². The zero-order valence-electron chi connectivity index (χ0n) is 17.7. The van der Waals surface area contributed by atoms with Crippen LogP contribution in [-0.2, 0) is 5.75 Å². The summed E-state index contributed by atoms with van der Waals surface area (Å²) < 4.78 is 17.1. The minimum atomic E-state index is -0.316. The second-order valence-electron chi connectivity index (χ2n) is 6.16. The van der Waals surface area contributed by atoms with Gasteiger partial charge in [0, 0.05) is 10.5 Å². The van der Waals surface area contributed by atoms with Crippen molar-refractivity contribution < 1.29 is 19.0 Å². The van der Waals surface area contributed by atoms with Gasteiger partial charge in [0.1, 0.15) is 5.01 Å². The topological polar surface area (TPSA) is 82.6 Å². The van der Waals surface area contributed by atoms with Gasteiger partial charge in [-0.15, -0.1) is 22.0 Å². The predicted molar refractivity (Wildman–Crippen MR) is 124 cm³/mol. The summed E-state index contributed by atoms with van der Waals surface area (Å²) in [4.78, 5) is 14.0. The number of carbonyl (C=O) groups excluding carboxylic acids is 1. The summed E-state index contributed by atoms with van der Waals surface area (Å²) >= 11 is 3.02. The van der Waals surface area contributed by atoms with Crippen LogP contribution in [0.25, 0.3) is 0 Å². The van der Waals surface area contributed by atoms with Crippen LogP contribution in [0.5, 0.6) is 17.2 Å². The Morgan fingerprint density at radius 2 is 1.61 bits per heavy atom. The van der Waals surface area contributed by atoms with Crippen molar-refractivity contribution in [2.45, 2.75) is 31.4 Å². The van der Waals surface area contributed by atoms with Crippen molar-refractivity contribution in [1.82, 2.24) is 10.2 Å². The number of amides is 1. The van der Waals surface area contributed by atoms with Crippen LogP contribution in [0.3, 0.4) is 0 Å². The molecule has 3 aromatic rings. The Morgan fingerprint density at radius 1 is 0.968 bits per heavy atom. The molecule has 0 saturated heterocycles. The monoisotopic (exact) mass is 459 g/mol. The quantitative estimate of drug-likeness (QED) is 0.391. The van der Waals surface area contributed by atoms with Gasteiger partial charge in [-0.25, -0.2) is 0 Å². The molecule has 0 aliphatic carbocycles. The molecule has 1 heterocycles. The molecule has 7 nitrogen and oxygen atoms in total. The fourth-order valence-corrected chi connectivity index (χ4v) is 4.35. The SMILES string of the molecule is CCOc1cc(C(=O)Nc2nnc(CSc3ccccc3)s2)cc(OCC)c1OCC. The molecule has 0 unspecified atom stereocenters. The highest BCUT2D eigenvalue weighted by Crippen LogP contribution is 2.39. The second kappa shape index (κ2) is 11.6. The molecule has 31 heavy (non-hydrogen) atoms. The number of anilines is 1. The van der Waals surface area contributed by atoms with Gasteiger partial charge in [-0.1, -0.05) is 29.5 Å². The fraction of sp³-hybridized carbons (Fsp3) is 0.318. The summed E-state index contributed by atoms with van der Waals surface area (Å²) in [6, 6.07) is 13.4. The van der Waals surface area contributed by atoms with Gasteiger partial charge in [-0.05, 0) is 45.0 Å². The first-order chi connectivity index (χ1) is 15.1. The van der Waals surface area contributed by atoms with Gasteiger partial charge in [0.25, 0.3) is 5.91 Å². The van der Waals surface area contributed by atoms with Gasteiger partial charge in [-0.3, -0.25) is 10.1 Å². The minimum Gasteiger partial charge on any atom is -0.490 e. The normalized spacial score (nSPS) is 10.5. The van der Waals surface area contributed by atoms with Gasteiger partial charge in [0.2, 0.25) is 10.9 Å². The highest BCUT2D eigenvalue weighted by atomic mass is 32.2. The molecule has 0 radical (unpaired) electrons. The number of benzene rings is 2. The number of hydrogen-bond acceptors (Lipinski definition) is 8. The van der Waals surface area contributed by atoms with Gasteiger partial charge in [-0.2, -0.15) is 0 Å². The fourth-order valence-electron chi connectivity index (χ4n) is 2.71. The molecule has 0 bridgehead atoms. The van der Waals surface area contributed by atoms with E-state index in [1.807, 2.05) is 51.1 Å². The maximum absolute atomic E-state index is 12.9. The Hall–Kier alpha value is -2.78. The molecule has 0 fully saturated rings. The summed E-state index contributed by atoms with van der Waals surface area (Å²) in [5.41, 5.74) is 0.394. The van der Waals surface area contributed by atoms with E-state index in [2.05, 4.69) is 15.5 Å². The van der Waals surface area contributed by atoms with Gasteiger partial charge in [0.05, 0.1) is 25.6 Å². The molecular formula is C22H25N3O4S2. The summed E-state index contributed by atoms with van der Waals surface area (Å²) in [5, 5.41) is 12.4. The maximum atomic E-state index is 12.9. The molecule has 0 saturated carbocycles. The van der Waals surface area contributed by atoms with Crippen LogP contribution in [-0.4, -0.2) is 35.9 Å². The Bertz CT molecular complexity index is 968. The Morgan fingerprint density at radius 3 is 2.23 bits per heavy atom. The number of thioether (sulfide) groups is 1. The lowest BCUT2D eigenvalue weighted by molar-refractivity contribution is 0.102. The summed E-state index contributed by atoms with van der Waals surface area (Å²) in [7, 11) is 0. The van der Waals surface area contributed by atoms with Crippen molar-refractivity contribution in [3.8, 4) is 17.2 Å². The molecule has 1 N–H and O–H groups in total. The first-order valence-electron chi connectivity index (χ1n) is 10.0. The number of aromatic nitrogens is 2. The zero-order chi connectivity index (χ0) is 22.1. The number of rotatable bonds is 11. The largest absolute Gasteiger partial charge is 0.490 e. The third kappa shape index (κ3) is 6.35. The van der Waals surface area contributed by atoms with E-state index < -0.39 is 0 Å². The summed E-state index contributed by atoms with van der Waals surface area (Å²) in [6.45, 7) is 6.97. The van der Waals surface area contributed by atoms with Crippen LogP contribution in [0.15, 0.2) is 47.4 Å². The Kier molecular flexibility index (Phi) is 8.54. The van der Waals surface area contributed by atoms with E-state index in [0.29, 0.717) is 53.5 Å². The Labute approximate surface area is 190 Å². The molecule has 0 aliphatic heterocycles. The number of nitrogens with one attached hydrogen (secondary N) is 1. The van der Waals surface area contributed by atoms with Crippen LogP contribution in [0.4, 0.5) is 5.13 Å².